The van der Waals surface area contributed by atoms with Crippen LogP contribution >= 0.6 is 22.9 Å². The van der Waals surface area contributed by atoms with Gasteiger partial charge in [-0.15, -0.1) is 11.3 Å². The van der Waals surface area contributed by atoms with E-state index >= 15 is 0 Å². The normalized spacial score (nSPS) is 18.6. The van der Waals surface area contributed by atoms with Gasteiger partial charge in [0.2, 0.25) is 11.8 Å². The number of nitrogens with one attached hydrogen (secondary N) is 2. The van der Waals surface area contributed by atoms with Gasteiger partial charge in [-0.3, -0.25) is 14.5 Å². The van der Waals surface area contributed by atoms with Crippen LogP contribution < -0.4 is 10.6 Å². The summed E-state index contributed by atoms with van der Waals surface area (Å²) in [5.74, 6) is -0.183. The van der Waals surface area contributed by atoms with Crippen LogP contribution in [0.1, 0.15) is 25.8 Å². The minimum absolute atomic E-state index is 0.0668. The van der Waals surface area contributed by atoms with Crippen LogP contribution in [0.5, 0.6) is 0 Å². The molecule has 2 N–H and O–H groups in total. The summed E-state index contributed by atoms with van der Waals surface area (Å²) < 4.78 is 1.14. The summed E-state index contributed by atoms with van der Waals surface area (Å²) in [5.41, 5.74) is 1.05. The quantitative estimate of drug-likeness (QED) is 0.839. The Kier molecular flexibility index (Phi) is 5.61. The highest BCUT2D eigenvalue weighted by atomic mass is 35.5. The van der Waals surface area contributed by atoms with E-state index in [-0.39, 0.29) is 24.3 Å². The lowest BCUT2D eigenvalue weighted by Crippen LogP contribution is -2.58. The van der Waals surface area contributed by atoms with Crippen molar-refractivity contribution >= 4 is 44.8 Å². The van der Waals surface area contributed by atoms with Crippen LogP contribution in [-0.2, 0) is 16.1 Å². The first-order valence-electron chi connectivity index (χ1n) is 8.41. The zero-order valence-corrected chi connectivity index (χ0v) is 15.9. The summed E-state index contributed by atoms with van der Waals surface area (Å²) in [6.07, 6.45) is 0.173. The van der Waals surface area contributed by atoms with E-state index in [2.05, 4.69) is 15.5 Å². The third-order valence-corrected chi connectivity index (χ3v) is 5.75. The molecule has 2 amide bonds. The Morgan fingerprint density at radius 2 is 2.28 bits per heavy atom. The number of thiophene rings is 1. The van der Waals surface area contributed by atoms with Gasteiger partial charge in [0, 0.05) is 35.4 Å². The molecule has 0 saturated carbocycles. The molecule has 0 radical (unpaired) electrons. The largest absolute Gasteiger partial charge is 0.353 e. The molecule has 0 bridgehead atoms. The summed E-state index contributed by atoms with van der Waals surface area (Å²) >= 11 is 7.70. The first kappa shape index (κ1) is 18.2. The number of carbonyl (C=O) groups is 2. The van der Waals surface area contributed by atoms with Crippen molar-refractivity contribution in [3.8, 4) is 0 Å². The van der Waals surface area contributed by atoms with Gasteiger partial charge >= 0.3 is 0 Å². The molecule has 5 nitrogen and oxygen atoms in total. The number of carbonyl (C=O) groups excluding carboxylic acids is 2. The van der Waals surface area contributed by atoms with Crippen LogP contribution in [0.4, 0.5) is 0 Å². The van der Waals surface area contributed by atoms with Gasteiger partial charge < -0.3 is 10.6 Å². The molecular weight excluding hydrogens is 358 g/mol. The van der Waals surface area contributed by atoms with E-state index in [4.69, 9.17) is 11.6 Å². The number of piperazine rings is 1. The van der Waals surface area contributed by atoms with Crippen molar-refractivity contribution in [3.05, 3.63) is 34.2 Å². The Hall–Kier alpha value is -1.63. The molecule has 134 valence electrons. The van der Waals surface area contributed by atoms with E-state index < -0.39 is 6.04 Å². The standard InChI is InChI=1S/C18H22ClN3O2S/c1-11(2)22-6-5-20-18(24)15(22)8-17(23)21-9-12-10-25-16-4-3-13(19)7-14(12)16/h3-4,7,10-11,15H,5-6,8-9H2,1-2H3,(H,20,24)(H,21,23)/t15-/m1/s1. The van der Waals surface area contributed by atoms with Gasteiger partial charge in [0.1, 0.15) is 0 Å². The zero-order chi connectivity index (χ0) is 18.0. The molecule has 1 fully saturated rings. The van der Waals surface area contributed by atoms with Crippen molar-refractivity contribution in [1.29, 1.82) is 0 Å². The van der Waals surface area contributed by atoms with Crippen LogP contribution in [-0.4, -0.2) is 41.9 Å². The lowest BCUT2D eigenvalue weighted by Gasteiger charge is -2.37. The fraction of sp³-hybridized carbons (Fsp3) is 0.444. The number of benzene rings is 1. The number of nitrogens with zero attached hydrogens (tertiary/aromatic N) is 1. The lowest BCUT2D eigenvalue weighted by atomic mass is 10.1. The van der Waals surface area contributed by atoms with Crippen LogP contribution in [0.25, 0.3) is 10.1 Å². The molecule has 1 aliphatic heterocycles. The predicted molar refractivity (Wildman–Crippen MR) is 102 cm³/mol. The number of rotatable bonds is 5. The summed E-state index contributed by atoms with van der Waals surface area (Å²) in [6.45, 7) is 5.94. The molecular formula is C18H22ClN3O2S. The fourth-order valence-corrected chi connectivity index (χ4v) is 4.31. The highest BCUT2D eigenvalue weighted by Gasteiger charge is 2.32. The van der Waals surface area contributed by atoms with Gasteiger partial charge in [0.25, 0.3) is 0 Å². The van der Waals surface area contributed by atoms with Crippen molar-refractivity contribution in [3.63, 3.8) is 0 Å². The fourth-order valence-electron chi connectivity index (χ4n) is 3.19. The molecule has 3 rings (SSSR count). The topological polar surface area (TPSA) is 61.4 Å². The predicted octanol–water partition coefficient (Wildman–Crippen LogP) is 2.77. The Labute approximate surface area is 156 Å². The van der Waals surface area contributed by atoms with Crippen molar-refractivity contribution in [1.82, 2.24) is 15.5 Å². The first-order valence-corrected chi connectivity index (χ1v) is 9.67. The Morgan fingerprint density at radius 1 is 1.48 bits per heavy atom. The average molecular weight is 380 g/mol. The maximum atomic E-state index is 12.4. The summed E-state index contributed by atoms with van der Waals surface area (Å²) in [6, 6.07) is 5.60. The molecule has 2 aromatic rings. The summed E-state index contributed by atoms with van der Waals surface area (Å²) in [5, 5.41) is 9.58. The molecule has 1 aromatic heterocycles. The Bertz CT molecular complexity index is 790. The maximum Gasteiger partial charge on any atom is 0.237 e. The van der Waals surface area contributed by atoms with Crippen molar-refractivity contribution in [2.45, 2.75) is 38.9 Å². The maximum absolute atomic E-state index is 12.4. The van der Waals surface area contributed by atoms with Crippen molar-refractivity contribution in [2.24, 2.45) is 0 Å². The molecule has 0 spiro atoms. The molecule has 1 aromatic carbocycles. The first-order chi connectivity index (χ1) is 12.0. The molecule has 7 heteroatoms. The van der Waals surface area contributed by atoms with Gasteiger partial charge in [-0.1, -0.05) is 11.6 Å². The van der Waals surface area contributed by atoms with Gasteiger partial charge in [0.15, 0.2) is 0 Å². The SMILES string of the molecule is CC(C)N1CCNC(=O)[C@H]1CC(=O)NCc1csc2ccc(Cl)cc12. The second kappa shape index (κ2) is 7.72. The molecule has 1 saturated heterocycles. The van der Waals surface area contributed by atoms with E-state index in [0.29, 0.717) is 18.1 Å². The van der Waals surface area contributed by atoms with E-state index in [1.54, 1.807) is 11.3 Å². The van der Waals surface area contributed by atoms with E-state index in [0.717, 1.165) is 22.2 Å². The van der Waals surface area contributed by atoms with Gasteiger partial charge in [0.05, 0.1) is 12.5 Å². The molecule has 0 unspecified atom stereocenters. The second-order valence-corrected chi connectivity index (χ2v) is 7.87. The van der Waals surface area contributed by atoms with Crippen LogP contribution in [0.15, 0.2) is 23.6 Å². The Balaban J connectivity index is 1.63. The van der Waals surface area contributed by atoms with Crippen LogP contribution in [0.3, 0.4) is 0 Å². The number of halogens is 1. The number of hydrogen-bond donors (Lipinski definition) is 2. The van der Waals surface area contributed by atoms with Gasteiger partial charge in [-0.05, 0) is 48.4 Å². The second-order valence-electron chi connectivity index (χ2n) is 6.52. The number of fused-ring (bicyclic) bond motifs is 1. The lowest BCUT2D eigenvalue weighted by molar-refractivity contribution is -0.134. The minimum Gasteiger partial charge on any atom is -0.353 e. The molecule has 2 heterocycles. The Morgan fingerprint density at radius 3 is 3.04 bits per heavy atom. The third kappa shape index (κ3) is 4.14. The van der Waals surface area contributed by atoms with Gasteiger partial charge in [-0.2, -0.15) is 0 Å². The zero-order valence-electron chi connectivity index (χ0n) is 14.3. The number of amides is 2. The van der Waals surface area contributed by atoms with Crippen LogP contribution in [0.2, 0.25) is 5.02 Å². The van der Waals surface area contributed by atoms with Crippen LogP contribution in [0, 0.1) is 0 Å². The van der Waals surface area contributed by atoms with E-state index in [1.807, 2.05) is 37.4 Å². The monoisotopic (exact) mass is 379 g/mol. The van der Waals surface area contributed by atoms with Crippen molar-refractivity contribution < 1.29 is 9.59 Å². The molecule has 0 aliphatic carbocycles. The smallest absolute Gasteiger partial charge is 0.237 e. The van der Waals surface area contributed by atoms with Gasteiger partial charge in [-0.25, -0.2) is 0 Å². The number of hydrogen-bond acceptors (Lipinski definition) is 4. The summed E-state index contributed by atoms with van der Waals surface area (Å²) in [4.78, 5) is 26.6. The average Bonchev–Trinajstić information content (AvgIpc) is 2.96. The van der Waals surface area contributed by atoms with E-state index in [1.165, 1.54) is 0 Å². The van der Waals surface area contributed by atoms with Crippen molar-refractivity contribution in [2.75, 3.05) is 13.1 Å². The highest BCUT2D eigenvalue weighted by Crippen LogP contribution is 2.28. The molecule has 25 heavy (non-hydrogen) atoms. The third-order valence-electron chi connectivity index (χ3n) is 4.51. The highest BCUT2D eigenvalue weighted by molar-refractivity contribution is 7.17. The summed E-state index contributed by atoms with van der Waals surface area (Å²) in [7, 11) is 0. The molecule has 1 atom stereocenters. The molecule has 1 aliphatic rings. The minimum atomic E-state index is -0.401. The van der Waals surface area contributed by atoms with E-state index in [9.17, 15) is 9.59 Å².